The third kappa shape index (κ3) is 4.15. The summed E-state index contributed by atoms with van der Waals surface area (Å²) in [5.41, 5.74) is 0.00742. The summed E-state index contributed by atoms with van der Waals surface area (Å²) in [4.78, 5) is 39.9. The second-order valence-electron chi connectivity index (χ2n) is 12.4. The van der Waals surface area contributed by atoms with Crippen molar-refractivity contribution in [1.82, 2.24) is 0 Å². The number of hydrogen-bond acceptors (Lipinski definition) is 7. The molecule has 5 rings (SSSR count). The largest absolute Gasteiger partial charge is 0.457 e. The van der Waals surface area contributed by atoms with Gasteiger partial charge in [0, 0.05) is 36.5 Å². The standard InChI is InChI=1S/C31H39NO6/c1-29-13-11-22(33)16-20(29)7-10-23-24-12-14-31(37,30(24,2)17-25(34)28(23)29)26(35)18-38-27(36)15-19-5-8-21(9-6-19)32(3)4/h5-6,8-9,11,13,16,23-25,28,34,37H,7,10,12,14-15,17-18H2,1-4H3/t23?,24?,25?,28?,29?,30?,31-/m0/s1. The first-order valence-corrected chi connectivity index (χ1v) is 13.7. The van der Waals surface area contributed by atoms with Crippen LogP contribution in [0.15, 0.2) is 48.1 Å². The smallest absolute Gasteiger partial charge is 0.310 e. The van der Waals surface area contributed by atoms with Gasteiger partial charge in [-0.1, -0.05) is 37.6 Å². The minimum atomic E-state index is -1.66. The minimum Gasteiger partial charge on any atom is -0.457 e. The maximum Gasteiger partial charge on any atom is 0.310 e. The number of ether oxygens (including phenoxy) is 1. The molecule has 0 heterocycles. The zero-order chi connectivity index (χ0) is 27.5. The van der Waals surface area contributed by atoms with E-state index in [2.05, 4.69) is 6.92 Å². The Labute approximate surface area is 224 Å². The topological polar surface area (TPSA) is 104 Å². The van der Waals surface area contributed by atoms with Gasteiger partial charge in [0.1, 0.15) is 5.60 Å². The lowest BCUT2D eigenvalue weighted by atomic mass is 9.46. The average molecular weight is 522 g/mol. The number of anilines is 1. The summed E-state index contributed by atoms with van der Waals surface area (Å²) in [5, 5.41) is 23.3. The van der Waals surface area contributed by atoms with E-state index in [1.54, 1.807) is 12.2 Å². The SMILES string of the molecule is CN(C)c1ccc(CC(=O)OCC(=O)[C@@]2(O)CCC3C4CCC5=CC(=O)C=CC5(C)C4C(O)CC32C)cc1. The number of esters is 1. The lowest BCUT2D eigenvalue weighted by Crippen LogP contribution is -2.61. The van der Waals surface area contributed by atoms with E-state index < -0.39 is 40.9 Å². The third-order valence-corrected chi connectivity index (χ3v) is 10.3. The van der Waals surface area contributed by atoms with Gasteiger partial charge in [0.15, 0.2) is 12.4 Å². The fraction of sp³-hybridized carbons (Fsp3) is 0.581. The Balaban J connectivity index is 1.28. The lowest BCUT2D eigenvalue weighted by molar-refractivity contribution is -0.181. The highest BCUT2D eigenvalue weighted by Gasteiger charge is 2.68. The molecule has 7 atom stereocenters. The first kappa shape index (κ1) is 26.8. The second kappa shape index (κ2) is 9.45. The number of ketones is 2. The summed E-state index contributed by atoms with van der Waals surface area (Å²) < 4.78 is 5.35. The number of aliphatic hydroxyl groups excluding tert-OH is 1. The Bertz CT molecular complexity index is 1200. The van der Waals surface area contributed by atoms with Crippen molar-refractivity contribution in [2.45, 2.75) is 64.1 Å². The number of carbonyl (C=O) groups excluding carboxylic acids is 3. The van der Waals surface area contributed by atoms with Crippen LogP contribution in [0.1, 0.15) is 51.5 Å². The zero-order valence-electron chi connectivity index (χ0n) is 22.8. The highest BCUT2D eigenvalue weighted by molar-refractivity contribution is 6.01. The van der Waals surface area contributed by atoms with Gasteiger partial charge >= 0.3 is 5.97 Å². The van der Waals surface area contributed by atoms with E-state index in [9.17, 15) is 24.6 Å². The molecule has 0 bridgehead atoms. The summed E-state index contributed by atoms with van der Waals surface area (Å²) in [6, 6.07) is 7.56. The molecule has 4 aliphatic rings. The van der Waals surface area contributed by atoms with Gasteiger partial charge in [-0.2, -0.15) is 0 Å². The first-order valence-electron chi connectivity index (χ1n) is 13.7. The molecule has 3 fully saturated rings. The molecule has 204 valence electrons. The first-order chi connectivity index (χ1) is 17.9. The molecule has 0 aliphatic heterocycles. The second-order valence-corrected chi connectivity index (χ2v) is 12.4. The molecular formula is C31H39NO6. The van der Waals surface area contributed by atoms with Crippen LogP contribution in [0.2, 0.25) is 0 Å². The van der Waals surface area contributed by atoms with Gasteiger partial charge in [0.2, 0.25) is 5.78 Å². The Morgan fingerprint density at radius 2 is 1.84 bits per heavy atom. The van der Waals surface area contributed by atoms with Gasteiger partial charge in [-0.15, -0.1) is 0 Å². The number of allylic oxidation sites excluding steroid dienone is 4. The van der Waals surface area contributed by atoms with Crippen molar-refractivity contribution in [3.05, 3.63) is 53.6 Å². The van der Waals surface area contributed by atoms with Crippen molar-refractivity contribution in [1.29, 1.82) is 0 Å². The average Bonchev–Trinajstić information content (AvgIpc) is 3.14. The number of Topliss-reactive ketones (excluding diaryl/α,β-unsaturated/α-hetero) is 1. The van der Waals surface area contributed by atoms with Crippen molar-refractivity contribution >= 4 is 23.2 Å². The van der Waals surface area contributed by atoms with Gasteiger partial charge in [-0.25, -0.2) is 0 Å². The van der Waals surface area contributed by atoms with E-state index in [4.69, 9.17) is 4.74 Å². The maximum atomic E-state index is 13.4. The molecule has 0 radical (unpaired) electrons. The Morgan fingerprint density at radius 1 is 1.13 bits per heavy atom. The molecule has 0 aromatic heterocycles. The van der Waals surface area contributed by atoms with Gasteiger partial charge < -0.3 is 19.8 Å². The summed E-state index contributed by atoms with van der Waals surface area (Å²) in [6.07, 6.45) is 7.44. The van der Waals surface area contributed by atoms with E-state index in [0.717, 1.165) is 29.7 Å². The van der Waals surface area contributed by atoms with E-state index >= 15 is 0 Å². The summed E-state index contributed by atoms with van der Waals surface area (Å²) in [5.74, 6) is -0.902. The van der Waals surface area contributed by atoms with Gasteiger partial charge in [0.05, 0.1) is 12.5 Å². The van der Waals surface area contributed by atoms with Crippen LogP contribution in [0.5, 0.6) is 0 Å². The number of aliphatic hydroxyl groups is 2. The fourth-order valence-electron chi connectivity index (χ4n) is 8.18. The quantitative estimate of drug-likeness (QED) is 0.553. The molecular weight excluding hydrogens is 482 g/mol. The van der Waals surface area contributed by atoms with Gasteiger partial charge in [-0.05, 0) is 73.8 Å². The molecule has 2 N–H and O–H groups in total. The number of rotatable bonds is 6. The summed E-state index contributed by atoms with van der Waals surface area (Å²) in [6.45, 7) is 3.54. The van der Waals surface area contributed by atoms with E-state index in [1.165, 1.54) is 0 Å². The number of benzene rings is 1. The van der Waals surface area contributed by atoms with Crippen LogP contribution in [-0.4, -0.2) is 60.2 Å². The van der Waals surface area contributed by atoms with Crippen molar-refractivity contribution in [3.8, 4) is 0 Å². The maximum absolute atomic E-state index is 13.4. The molecule has 0 spiro atoms. The molecule has 7 heteroatoms. The van der Waals surface area contributed by atoms with E-state index in [1.807, 2.05) is 56.3 Å². The number of hydrogen-bond donors (Lipinski definition) is 2. The zero-order valence-corrected chi connectivity index (χ0v) is 22.8. The van der Waals surface area contributed by atoms with E-state index in [-0.39, 0.29) is 36.4 Å². The molecule has 0 amide bonds. The number of fused-ring (bicyclic) bond motifs is 5. The monoisotopic (exact) mass is 521 g/mol. The highest BCUT2D eigenvalue weighted by atomic mass is 16.5. The molecule has 1 aromatic carbocycles. The van der Waals surface area contributed by atoms with Crippen LogP contribution in [-0.2, 0) is 25.5 Å². The van der Waals surface area contributed by atoms with Crippen LogP contribution in [0, 0.1) is 28.6 Å². The van der Waals surface area contributed by atoms with Crippen molar-refractivity contribution in [2.75, 3.05) is 25.6 Å². The number of carbonyl (C=O) groups is 3. The van der Waals surface area contributed by atoms with Crippen molar-refractivity contribution < 1.29 is 29.3 Å². The molecule has 6 unspecified atom stereocenters. The normalized spacial score (nSPS) is 37.5. The summed E-state index contributed by atoms with van der Waals surface area (Å²) in [7, 11) is 3.88. The number of nitrogens with zero attached hydrogens (tertiary/aromatic N) is 1. The van der Waals surface area contributed by atoms with Crippen molar-refractivity contribution in [2.24, 2.45) is 28.6 Å². The Hall–Kier alpha value is -2.77. The summed E-state index contributed by atoms with van der Waals surface area (Å²) >= 11 is 0. The fourth-order valence-corrected chi connectivity index (χ4v) is 8.18. The van der Waals surface area contributed by atoms with Crippen LogP contribution in [0.25, 0.3) is 0 Å². The highest BCUT2D eigenvalue weighted by Crippen LogP contribution is 2.67. The van der Waals surface area contributed by atoms with Crippen LogP contribution in [0.3, 0.4) is 0 Å². The van der Waals surface area contributed by atoms with Crippen LogP contribution < -0.4 is 4.90 Å². The molecule has 3 saturated carbocycles. The van der Waals surface area contributed by atoms with Crippen LogP contribution >= 0.6 is 0 Å². The van der Waals surface area contributed by atoms with E-state index in [0.29, 0.717) is 12.8 Å². The van der Waals surface area contributed by atoms with Gasteiger partial charge in [-0.3, -0.25) is 14.4 Å². The van der Waals surface area contributed by atoms with Gasteiger partial charge in [0.25, 0.3) is 0 Å². The van der Waals surface area contributed by atoms with Crippen LogP contribution in [0.4, 0.5) is 5.69 Å². The Kier molecular flexibility index (Phi) is 6.67. The predicted octanol–water partition coefficient (Wildman–Crippen LogP) is 3.42. The minimum absolute atomic E-state index is 0.00738. The molecule has 38 heavy (non-hydrogen) atoms. The third-order valence-electron chi connectivity index (χ3n) is 10.3. The molecule has 0 saturated heterocycles. The molecule has 4 aliphatic carbocycles. The molecule has 1 aromatic rings. The molecule has 7 nitrogen and oxygen atoms in total. The predicted molar refractivity (Wildman–Crippen MR) is 143 cm³/mol. The lowest BCUT2D eigenvalue weighted by Gasteiger charge is -2.59. The Morgan fingerprint density at radius 3 is 2.53 bits per heavy atom. The van der Waals surface area contributed by atoms with Crippen molar-refractivity contribution in [3.63, 3.8) is 0 Å².